The molecule has 0 amide bonds. The number of hydrogen-bond acceptors (Lipinski definition) is 3. The van der Waals surface area contributed by atoms with Gasteiger partial charge >= 0.3 is 0 Å². The van der Waals surface area contributed by atoms with Crippen molar-refractivity contribution in [1.82, 2.24) is 9.55 Å². The molecule has 2 rings (SSSR count). The molecule has 0 fully saturated rings. The average Bonchev–Trinajstić information content (AvgIpc) is 2.66. The molecule has 0 atom stereocenters. The van der Waals surface area contributed by atoms with Crippen LogP contribution in [-0.2, 0) is 13.0 Å². The van der Waals surface area contributed by atoms with E-state index in [-0.39, 0.29) is 6.61 Å². The molecule has 1 aromatic carbocycles. The summed E-state index contributed by atoms with van der Waals surface area (Å²) >= 11 is 0. The first-order valence-corrected chi connectivity index (χ1v) is 5.62. The second-order valence-electron chi connectivity index (χ2n) is 3.83. The maximum absolute atomic E-state index is 8.90. The maximum atomic E-state index is 8.90. The largest absolute Gasteiger partial charge is 0.397 e. The number of rotatable bonds is 4. The quantitative estimate of drug-likeness (QED) is 0.767. The fraction of sp³-hybridized carbons (Fsp3) is 0.417. The number of benzene rings is 1. The topological polar surface area (TPSA) is 64.1 Å². The van der Waals surface area contributed by atoms with Gasteiger partial charge < -0.3 is 15.4 Å². The summed E-state index contributed by atoms with van der Waals surface area (Å²) in [7, 11) is 0. The van der Waals surface area contributed by atoms with Crippen molar-refractivity contribution >= 4 is 16.7 Å². The molecular weight excluding hydrogens is 202 g/mol. The minimum Gasteiger partial charge on any atom is -0.397 e. The third-order valence-corrected chi connectivity index (χ3v) is 2.75. The van der Waals surface area contributed by atoms with E-state index in [1.807, 2.05) is 18.2 Å². The highest BCUT2D eigenvalue weighted by atomic mass is 16.3. The molecule has 2 aromatic rings. The van der Waals surface area contributed by atoms with Crippen molar-refractivity contribution in [2.75, 3.05) is 12.3 Å². The second-order valence-corrected chi connectivity index (χ2v) is 3.83. The predicted molar refractivity (Wildman–Crippen MR) is 65.2 cm³/mol. The third kappa shape index (κ3) is 1.76. The van der Waals surface area contributed by atoms with E-state index >= 15 is 0 Å². The summed E-state index contributed by atoms with van der Waals surface area (Å²) in [4.78, 5) is 4.54. The van der Waals surface area contributed by atoms with E-state index in [1.165, 1.54) is 0 Å². The van der Waals surface area contributed by atoms with Crippen LogP contribution in [0.2, 0.25) is 0 Å². The zero-order valence-corrected chi connectivity index (χ0v) is 9.48. The predicted octanol–water partition coefficient (Wildman–Crippen LogP) is 1.56. The Morgan fingerprint density at radius 3 is 2.94 bits per heavy atom. The van der Waals surface area contributed by atoms with Crippen molar-refractivity contribution < 1.29 is 5.11 Å². The molecule has 0 spiro atoms. The summed E-state index contributed by atoms with van der Waals surface area (Å²) < 4.78 is 2.14. The van der Waals surface area contributed by atoms with E-state index in [9.17, 15) is 0 Å². The van der Waals surface area contributed by atoms with Gasteiger partial charge in [-0.25, -0.2) is 4.98 Å². The highest BCUT2D eigenvalue weighted by Gasteiger charge is 2.10. The van der Waals surface area contributed by atoms with Crippen LogP contribution in [-0.4, -0.2) is 21.3 Å². The average molecular weight is 219 g/mol. The summed E-state index contributed by atoms with van der Waals surface area (Å²) in [5.41, 5.74) is 8.55. The Morgan fingerprint density at radius 1 is 1.44 bits per heavy atom. The number of para-hydroxylation sites is 1. The van der Waals surface area contributed by atoms with Crippen LogP contribution in [0.15, 0.2) is 18.2 Å². The number of nitrogens with two attached hydrogens (primary N) is 1. The van der Waals surface area contributed by atoms with Gasteiger partial charge in [0, 0.05) is 19.6 Å². The molecule has 0 aliphatic carbocycles. The van der Waals surface area contributed by atoms with Crippen LogP contribution in [0.4, 0.5) is 5.69 Å². The number of aliphatic hydroxyl groups excluding tert-OH is 1. The number of aromatic nitrogens is 2. The molecule has 4 nitrogen and oxygen atoms in total. The molecule has 0 radical (unpaired) electrons. The first kappa shape index (κ1) is 11.0. The zero-order valence-electron chi connectivity index (χ0n) is 9.48. The lowest BCUT2D eigenvalue weighted by Gasteiger charge is -2.06. The standard InChI is InChI=1S/C12H17N3O/c1-2-11-14-12-9(13)5-3-6-10(12)15(11)7-4-8-16/h3,5-6,16H,2,4,7-8,13H2,1H3. The first-order valence-electron chi connectivity index (χ1n) is 5.62. The number of nitrogen functional groups attached to an aromatic ring is 1. The minimum absolute atomic E-state index is 0.200. The highest BCUT2D eigenvalue weighted by Crippen LogP contribution is 2.22. The molecular formula is C12H17N3O. The van der Waals surface area contributed by atoms with Crippen LogP contribution in [0.3, 0.4) is 0 Å². The first-order chi connectivity index (χ1) is 7.77. The van der Waals surface area contributed by atoms with E-state index in [0.29, 0.717) is 0 Å². The van der Waals surface area contributed by atoms with Gasteiger partial charge in [-0.3, -0.25) is 0 Å². The van der Waals surface area contributed by atoms with E-state index in [0.717, 1.165) is 41.9 Å². The van der Waals surface area contributed by atoms with Gasteiger partial charge in [0.1, 0.15) is 11.3 Å². The Hall–Kier alpha value is -1.55. The lowest BCUT2D eigenvalue weighted by molar-refractivity contribution is 0.280. The summed E-state index contributed by atoms with van der Waals surface area (Å²) in [5, 5.41) is 8.90. The Bertz CT molecular complexity index is 490. The van der Waals surface area contributed by atoms with E-state index < -0.39 is 0 Å². The number of nitrogens with zero attached hydrogens (tertiary/aromatic N) is 2. The van der Waals surface area contributed by atoms with Crippen LogP contribution in [0.25, 0.3) is 11.0 Å². The second kappa shape index (κ2) is 4.53. The van der Waals surface area contributed by atoms with Crippen molar-refractivity contribution in [3.63, 3.8) is 0 Å². The van der Waals surface area contributed by atoms with Crippen LogP contribution < -0.4 is 5.73 Å². The van der Waals surface area contributed by atoms with Gasteiger partial charge in [-0.2, -0.15) is 0 Å². The summed E-state index contributed by atoms with van der Waals surface area (Å²) in [6, 6.07) is 5.83. The van der Waals surface area contributed by atoms with Gasteiger partial charge in [0.2, 0.25) is 0 Å². The molecule has 1 aromatic heterocycles. The van der Waals surface area contributed by atoms with Gasteiger partial charge in [0.25, 0.3) is 0 Å². The number of anilines is 1. The molecule has 0 bridgehead atoms. The van der Waals surface area contributed by atoms with Gasteiger partial charge in [0.15, 0.2) is 0 Å². The monoisotopic (exact) mass is 219 g/mol. The van der Waals surface area contributed by atoms with Gasteiger partial charge in [-0.1, -0.05) is 13.0 Å². The maximum Gasteiger partial charge on any atom is 0.112 e. The number of hydrogen-bond donors (Lipinski definition) is 2. The summed E-state index contributed by atoms with van der Waals surface area (Å²) in [6.45, 7) is 3.07. The Morgan fingerprint density at radius 2 is 2.25 bits per heavy atom. The lowest BCUT2D eigenvalue weighted by atomic mass is 10.2. The fourth-order valence-corrected chi connectivity index (χ4v) is 1.97. The van der Waals surface area contributed by atoms with E-state index in [4.69, 9.17) is 10.8 Å². The number of fused-ring (bicyclic) bond motifs is 1. The fourth-order valence-electron chi connectivity index (χ4n) is 1.97. The normalized spacial score (nSPS) is 11.1. The summed E-state index contributed by atoms with van der Waals surface area (Å²) in [5.74, 6) is 1.03. The van der Waals surface area contributed by atoms with Crippen LogP contribution in [0, 0.1) is 0 Å². The molecule has 0 aliphatic rings. The van der Waals surface area contributed by atoms with Gasteiger partial charge in [-0.15, -0.1) is 0 Å². The van der Waals surface area contributed by atoms with Crippen molar-refractivity contribution in [2.24, 2.45) is 0 Å². The number of aliphatic hydroxyl groups is 1. The lowest BCUT2D eigenvalue weighted by Crippen LogP contribution is -2.04. The Balaban J connectivity index is 2.54. The third-order valence-electron chi connectivity index (χ3n) is 2.75. The van der Waals surface area contributed by atoms with Gasteiger partial charge in [0.05, 0.1) is 11.2 Å². The smallest absolute Gasteiger partial charge is 0.112 e. The van der Waals surface area contributed by atoms with E-state index in [2.05, 4.69) is 16.5 Å². The Labute approximate surface area is 94.7 Å². The van der Waals surface area contributed by atoms with Crippen LogP contribution >= 0.6 is 0 Å². The highest BCUT2D eigenvalue weighted by molar-refractivity contribution is 5.87. The molecule has 3 N–H and O–H groups in total. The molecule has 0 saturated heterocycles. The van der Waals surface area contributed by atoms with Gasteiger partial charge in [-0.05, 0) is 18.6 Å². The molecule has 4 heteroatoms. The molecule has 86 valence electrons. The summed E-state index contributed by atoms with van der Waals surface area (Å²) in [6.07, 6.45) is 1.62. The van der Waals surface area contributed by atoms with Crippen LogP contribution in [0.5, 0.6) is 0 Å². The SMILES string of the molecule is CCc1nc2c(N)cccc2n1CCCO. The molecule has 1 heterocycles. The minimum atomic E-state index is 0.200. The van der Waals surface area contributed by atoms with Crippen molar-refractivity contribution in [1.29, 1.82) is 0 Å². The molecule has 0 saturated carbocycles. The van der Waals surface area contributed by atoms with E-state index in [1.54, 1.807) is 0 Å². The number of imidazole rings is 1. The van der Waals surface area contributed by atoms with Crippen molar-refractivity contribution in [3.8, 4) is 0 Å². The van der Waals surface area contributed by atoms with Crippen LogP contribution in [0.1, 0.15) is 19.2 Å². The molecule has 0 aliphatic heterocycles. The zero-order chi connectivity index (χ0) is 11.5. The van der Waals surface area contributed by atoms with Crippen molar-refractivity contribution in [2.45, 2.75) is 26.3 Å². The Kier molecular flexibility index (Phi) is 3.10. The number of aryl methyl sites for hydroxylation is 2. The molecule has 16 heavy (non-hydrogen) atoms. The van der Waals surface area contributed by atoms with Crippen molar-refractivity contribution in [3.05, 3.63) is 24.0 Å². The molecule has 0 unspecified atom stereocenters.